The molecule has 3 aromatic rings. The molecule has 27 heavy (non-hydrogen) atoms. The normalized spacial score (nSPS) is 10.6. The van der Waals surface area contributed by atoms with Gasteiger partial charge in [0.2, 0.25) is 0 Å². The van der Waals surface area contributed by atoms with Crippen molar-refractivity contribution in [3.05, 3.63) is 82.8 Å². The maximum Gasteiger partial charge on any atom is 0.358 e. The van der Waals surface area contributed by atoms with Crippen LogP contribution in [0.3, 0.4) is 0 Å². The number of rotatable bonds is 7. The summed E-state index contributed by atoms with van der Waals surface area (Å²) < 4.78 is 19.9. The van der Waals surface area contributed by atoms with Gasteiger partial charge in [-0.2, -0.15) is 5.10 Å². The van der Waals surface area contributed by atoms with Gasteiger partial charge in [0.15, 0.2) is 5.69 Å². The van der Waals surface area contributed by atoms with E-state index in [-0.39, 0.29) is 18.1 Å². The molecule has 0 aliphatic carbocycles. The molecule has 1 heterocycles. The molecule has 0 bridgehead atoms. The van der Waals surface area contributed by atoms with E-state index in [9.17, 15) is 9.18 Å². The highest BCUT2D eigenvalue weighted by atomic mass is 19.1. The van der Waals surface area contributed by atoms with Gasteiger partial charge in [-0.1, -0.05) is 42.0 Å². The van der Waals surface area contributed by atoms with Crippen LogP contribution in [0, 0.1) is 12.7 Å². The fourth-order valence-electron chi connectivity index (χ4n) is 2.65. The Kier molecular flexibility index (Phi) is 5.86. The predicted molar refractivity (Wildman–Crippen MR) is 102 cm³/mol. The Morgan fingerprint density at radius 3 is 2.44 bits per heavy atom. The van der Waals surface area contributed by atoms with Crippen molar-refractivity contribution in [3.8, 4) is 0 Å². The molecule has 0 atom stereocenters. The molecule has 6 heteroatoms. The van der Waals surface area contributed by atoms with E-state index in [2.05, 4.69) is 34.7 Å². The first-order chi connectivity index (χ1) is 13.0. The fourth-order valence-corrected chi connectivity index (χ4v) is 2.65. The molecule has 0 aliphatic heterocycles. The number of benzene rings is 2. The van der Waals surface area contributed by atoms with Gasteiger partial charge in [0.25, 0.3) is 0 Å². The van der Waals surface area contributed by atoms with E-state index >= 15 is 0 Å². The third-order valence-electron chi connectivity index (χ3n) is 4.10. The molecule has 140 valence electrons. The number of carbonyl (C=O) groups excluding carboxylic acids is 1. The zero-order valence-corrected chi connectivity index (χ0v) is 15.4. The second-order valence-corrected chi connectivity index (χ2v) is 6.26. The first-order valence-electron chi connectivity index (χ1n) is 8.84. The van der Waals surface area contributed by atoms with Crippen LogP contribution in [0.5, 0.6) is 0 Å². The van der Waals surface area contributed by atoms with Gasteiger partial charge < -0.3 is 10.1 Å². The van der Waals surface area contributed by atoms with Gasteiger partial charge in [0, 0.05) is 12.6 Å². The van der Waals surface area contributed by atoms with Crippen molar-refractivity contribution in [1.82, 2.24) is 9.78 Å². The van der Waals surface area contributed by atoms with Gasteiger partial charge in [-0.05, 0) is 37.1 Å². The van der Waals surface area contributed by atoms with Gasteiger partial charge >= 0.3 is 5.97 Å². The lowest BCUT2D eigenvalue weighted by atomic mass is 10.1. The largest absolute Gasteiger partial charge is 0.461 e. The summed E-state index contributed by atoms with van der Waals surface area (Å²) in [6, 6.07) is 16.1. The molecule has 0 aliphatic rings. The molecular formula is C21H22FN3O2. The molecule has 0 saturated heterocycles. The van der Waals surface area contributed by atoms with Crippen molar-refractivity contribution in [2.75, 3.05) is 11.9 Å². The van der Waals surface area contributed by atoms with Crippen molar-refractivity contribution in [1.29, 1.82) is 0 Å². The Morgan fingerprint density at radius 1 is 1.11 bits per heavy atom. The zero-order valence-electron chi connectivity index (χ0n) is 15.4. The van der Waals surface area contributed by atoms with E-state index in [1.807, 2.05) is 6.92 Å². The number of hydrogen-bond acceptors (Lipinski definition) is 4. The smallest absolute Gasteiger partial charge is 0.358 e. The van der Waals surface area contributed by atoms with Gasteiger partial charge in [-0.25, -0.2) is 13.9 Å². The monoisotopic (exact) mass is 367 g/mol. The van der Waals surface area contributed by atoms with Crippen LogP contribution < -0.4 is 5.32 Å². The first-order valence-corrected chi connectivity index (χ1v) is 8.84. The van der Waals surface area contributed by atoms with Crippen molar-refractivity contribution in [2.45, 2.75) is 26.9 Å². The van der Waals surface area contributed by atoms with Crippen LogP contribution in [0.25, 0.3) is 0 Å². The van der Waals surface area contributed by atoms with Crippen LogP contribution in [0.15, 0.2) is 54.6 Å². The Labute approximate surface area is 157 Å². The summed E-state index contributed by atoms with van der Waals surface area (Å²) in [6.45, 7) is 5.09. The summed E-state index contributed by atoms with van der Waals surface area (Å²) in [4.78, 5) is 12.0. The van der Waals surface area contributed by atoms with Crippen molar-refractivity contribution >= 4 is 11.8 Å². The highest BCUT2D eigenvalue weighted by Crippen LogP contribution is 2.16. The lowest BCUT2D eigenvalue weighted by molar-refractivity contribution is 0.0518. The molecule has 0 radical (unpaired) electrons. The summed E-state index contributed by atoms with van der Waals surface area (Å²) in [6.07, 6.45) is 0. The first kappa shape index (κ1) is 18.6. The fraction of sp³-hybridized carbons (Fsp3) is 0.238. The van der Waals surface area contributed by atoms with Crippen molar-refractivity contribution in [2.24, 2.45) is 0 Å². The average molecular weight is 367 g/mol. The number of anilines is 1. The number of carbonyl (C=O) groups is 1. The lowest BCUT2D eigenvalue weighted by Gasteiger charge is -2.10. The Hall–Kier alpha value is -3.15. The van der Waals surface area contributed by atoms with E-state index in [0.29, 0.717) is 18.9 Å². The van der Waals surface area contributed by atoms with Crippen LogP contribution in [0.4, 0.5) is 10.2 Å². The number of ether oxygens (including phenoxy) is 1. The zero-order chi connectivity index (χ0) is 19.2. The van der Waals surface area contributed by atoms with E-state index in [1.54, 1.807) is 29.8 Å². The molecule has 0 amide bonds. The topological polar surface area (TPSA) is 56.1 Å². The number of aromatic nitrogens is 2. The summed E-state index contributed by atoms with van der Waals surface area (Å²) in [5.74, 6) is -0.0548. The number of nitrogens with one attached hydrogen (secondary N) is 1. The summed E-state index contributed by atoms with van der Waals surface area (Å²) in [5.41, 5.74) is 3.44. The maximum atomic E-state index is 13.1. The minimum atomic E-state index is -0.464. The van der Waals surface area contributed by atoms with Crippen LogP contribution in [0.1, 0.15) is 34.1 Å². The SMILES string of the molecule is CCOC(=O)c1cc(NCc2ccc(C)cc2)n(Cc2ccc(F)cc2)n1. The minimum Gasteiger partial charge on any atom is -0.461 e. The van der Waals surface area contributed by atoms with Gasteiger partial charge in [0.1, 0.15) is 11.6 Å². The Balaban J connectivity index is 1.81. The molecule has 2 aromatic carbocycles. The molecule has 0 spiro atoms. The number of esters is 1. The summed E-state index contributed by atoms with van der Waals surface area (Å²) >= 11 is 0. The second-order valence-electron chi connectivity index (χ2n) is 6.26. The van der Waals surface area contributed by atoms with Gasteiger partial charge in [-0.3, -0.25) is 0 Å². The molecular weight excluding hydrogens is 345 g/mol. The standard InChI is InChI=1S/C21H22FN3O2/c1-3-27-21(26)19-12-20(23-13-16-6-4-15(2)5-7-16)25(24-19)14-17-8-10-18(22)11-9-17/h4-12,23H,3,13-14H2,1-2H3. The quantitative estimate of drug-likeness (QED) is 0.637. The molecule has 5 nitrogen and oxygen atoms in total. The van der Waals surface area contributed by atoms with Crippen molar-refractivity contribution < 1.29 is 13.9 Å². The van der Waals surface area contributed by atoms with E-state index in [1.165, 1.54) is 17.7 Å². The molecule has 0 saturated carbocycles. The maximum absolute atomic E-state index is 13.1. The van der Waals surface area contributed by atoms with Crippen LogP contribution in [0.2, 0.25) is 0 Å². The van der Waals surface area contributed by atoms with Crippen LogP contribution >= 0.6 is 0 Å². The average Bonchev–Trinajstić information content (AvgIpc) is 3.06. The molecule has 3 rings (SSSR count). The van der Waals surface area contributed by atoms with E-state index < -0.39 is 5.97 Å². The lowest BCUT2D eigenvalue weighted by Crippen LogP contribution is -2.10. The Bertz CT molecular complexity index is 902. The molecule has 0 fully saturated rings. The summed E-state index contributed by atoms with van der Waals surface area (Å²) in [7, 11) is 0. The van der Waals surface area contributed by atoms with Crippen LogP contribution in [-0.4, -0.2) is 22.4 Å². The highest BCUT2D eigenvalue weighted by molar-refractivity contribution is 5.88. The van der Waals surface area contributed by atoms with Gasteiger partial charge in [-0.15, -0.1) is 0 Å². The minimum absolute atomic E-state index is 0.241. The number of aryl methyl sites for hydroxylation is 1. The molecule has 1 N–H and O–H groups in total. The molecule has 0 unspecified atom stereocenters. The third kappa shape index (κ3) is 4.94. The Morgan fingerprint density at radius 2 is 1.78 bits per heavy atom. The van der Waals surface area contributed by atoms with E-state index in [0.717, 1.165) is 11.1 Å². The second kappa shape index (κ2) is 8.49. The molecule has 1 aromatic heterocycles. The van der Waals surface area contributed by atoms with Crippen LogP contribution in [-0.2, 0) is 17.8 Å². The number of hydrogen-bond donors (Lipinski definition) is 1. The number of halogens is 1. The third-order valence-corrected chi connectivity index (χ3v) is 4.10. The van der Waals surface area contributed by atoms with Crippen molar-refractivity contribution in [3.63, 3.8) is 0 Å². The summed E-state index contributed by atoms with van der Waals surface area (Å²) in [5, 5.41) is 7.68. The van der Waals surface area contributed by atoms with Gasteiger partial charge in [0.05, 0.1) is 13.2 Å². The number of nitrogens with zero attached hydrogens (tertiary/aromatic N) is 2. The highest BCUT2D eigenvalue weighted by Gasteiger charge is 2.15. The van der Waals surface area contributed by atoms with E-state index in [4.69, 9.17) is 4.74 Å². The predicted octanol–water partition coefficient (Wildman–Crippen LogP) is 4.17.